The number of thiophene rings is 2. The molecule has 0 fully saturated rings. The van der Waals surface area contributed by atoms with Crippen molar-refractivity contribution >= 4 is 90.8 Å². The summed E-state index contributed by atoms with van der Waals surface area (Å²) in [7, 11) is 0. The molecule has 56 heavy (non-hydrogen) atoms. The average Bonchev–Trinajstić information content (AvgIpc) is 3.94. The molecule has 1 aliphatic rings. The number of rotatable bonds is 4. The lowest BCUT2D eigenvalue weighted by Gasteiger charge is -2.17. The van der Waals surface area contributed by atoms with Gasteiger partial charge in [-0.15, -0.1) is 22.7 Å². The van der Waals surface area contributed by atoms with Gasteiger partial charge in [0, 0.05) is 68.0 Å². The van der Waals surface area contributed by atoms with Gasteiger partial charge in [-0.3, -0.25) is 0 Å². The minimum absolute atomic E-state index is 0.270. The summed E-state index contributed by atoms with van der Waals surface area (Å²) < 4.78 is 11.6. The topological polar surface area (TPSA) is 51.8 Å². The van der Waals surface area contributed by atoms with Gasteiger partial charge in [0.05, 0.1) is 0 Å². The zero-order valence-electron chi connectivity index (χ0n) is 30.3. The van der Waals surface area contributed by atoms with Crippen LogP contribution in [0.4, 0.5) is 0 Å². The molecule has 0 spiro atoms. The largest absolute Gasteiger partial charge is 0.456 e. The number of nitrogens with zero attached hydrogens (tertiary/aromatic N) is 3. The summed E-state index contributed by atoms with van der Waals surface area (Å²) in [5.74, 6) is 3.10. The van der Waals surface area contributed by atoms with E-state index in [0.29, 0.717) is 17.5 Å². The van der Waals surface area contributed by atoms with Crippen molar-refractivity contribution in [3.05, 3.63) is 157 Å². The monoisotopic (exact) mass is 753 g/mol. The van der Waals surface area contributed by atoms with Crippen molar-refractivity contribution in [3.63, 3.8) is 0 Å². The van der Waals surface area contributed by atoms with Crippen molar-refractivity contribution in [2.75, 3.05) is 0 Å². The summed E-state index contributed by atoms with van der Waals surface area (Å²) in [6.45, 7) is 2.29. The van der Waals surface area contributed by atoms with Crippen LogP contribution in [0.1, 0.15) is 30.6 Å². The van der Waals surface area contributed by atoms with E-state index in [2.05, 4.69) is 159 Å². The summed E-state index contributed by atoms with van der Waals surface area (Å²) in [4.78, 5) is 16.1. The lowest BCUT2D eigenvalue weighted by molar-refractivity contribution is 0.586. The van der Waals surface area contributed by atoms with E-state index in [0.717, 1.165) is 56.4 Å². The molecule has 1 aliphatic carbocycles. The van der Waals surface area contributed by atoms with Crippen molar-refractivity contribution < 1.29 is 4.42 Å². The molecule has 0 bridgehead atoms. The fourth-order valence-electron chi connectivity index (χ4n) is 8.65. The van der Waals surface area contributed by atoms with Crippen LogP contribution in [0.15, 0.2) is 150 Å². The second-order valence-electron chi connectivity index (χ2n) is 14.8. The van der Waals surface area contributed by atoms with E-state index in [1.54, 1.807) is 11.3 Å². The first kappa shape index (κ1) is 31.8. The van der Waals surface area contributed by atoms with E-state index in [4.69, 9.17) is 19.4 Å². The van der Waals surface area contributed by atoms with Crippen LogP contribution in [0, 0.1) is 0 Å². The van der Waals surface area contributed by atoms with E-state index >= 15 is 0 Å². The number of fused-ring (bicyclic) bond motifs is 10. The first-order chi connectivity index (χ1) is 27.6. The average molecular weight is 754 g/mol. The summed E-state index contributed by atoms with van der Waals surface area (Å²) in [6.07, 6.45) is 5.29. The quantitative estimate of drug-likeness (QED) is 0.180. The molecule has 4 nitrogen and oxygen atoms in total. The van der Waals surface area contributed by atoms with E-state index in [9.17, 15) is 0 Å². The second kappa shape index (κ2) is 12.3. The van der Waals surface area contributed by atoms with Crippen molar-refractivity contribution in [3.8, 4) is 45.3 Å². The highest BCUT2D eigenvalue weighted by atomic mass is 32.1. The van der Waals surface area contributed by atoms with Gasteiger partial charge in [-0.1, -0.05) is 110 Å². The third kappa shape index (κ3) is 4.93. The van der Waals surface area contributed by atoms with Gasteiger partial charge in [0.2, 0.25) is 0 Å². The van der Waals surface area contributed by atoms with Crippen LogP contribution in [0.3, 0.4) is 0 Å². The van der Waals surface area contributed by atoms with E-state index in [1.165, 1.54) is 51.3 Å². The number of aromatic nitrogens is 3. The molecule has 12 rings (SSSR count). The number of furan rings is 1. The smallest absolute Gasteiger partial charge is 0.165 e. The maximum atomic E-state index is 6.62. The van der Waals surface area contributed by atoms with Gasteiger partial charge in [-0.25, -0.2) is 15.0 Å². The molecule has 1 unspecified atom stereocenters. The van der Waals surface area contributed by atoms with Crippen molar-refractivity contribution in [1.82, 2.24) is 15.0 Å². The van der Waals surface area contributed by atoms with Gasteiger partial charge < -0.3 is 4.42 Å². The Kier molecular flexibility index (Phi) is 6.98. The Balaban J connectivity index is 1.15. The van der Waals surface area contributed by atoms with Crippen LogP contribution >= 0.6 is 22.7 Å². The van der Waals surface area contributed by atoms with E-state index in [-0.39, 0.29) is 5.92 Å². The summed E-state index contributed by atoms with van der Waals surface area (Å²) >= 11 is 3.64. The highest BCUT2D eigenvalue weighted by Gasteiger charge is 2.28. The van der Waals surface area contributed by atoms with Gasteiger partial charge in [0.1, 0.15) is 11.3 Å². The molecule has 0 saturated heterocycles. The molecule has 4 aromatic heterocycles. The maximum Gasteiger partial charge on any atom is 0.165 e. The molecule has 0 radical (unpaired) electrons. The molecule has 1 atom stereocenters. The lowest BCUT2D eigenvalue weighted by Crippen LogP contribution is -2.03. The third-order valence-corrected chi connectivity index (χ3v) is 13.6. The summed E-state index contributed by atoms with van der Waals surface area (Å²) in [5, 5.41) is 8.47. The molecular formula is C50H31N3OS2. The Bertz CT molecular complexity index is 3440. The number of benzene rings is 7. The molecule has 4 heterocycles. The Labute approximate surface area is 330 Å². The lowest BCUT2D eigenvalue weighted by atomic mass is 9.86. The summed E-state index contributed by atoms with van der Waals surface area (Å²) in [5.41, 5.74) is 7.13. The Morgan fingerprint density at radius 1 is 0.536 bits per heavy atom. The first-order valence-electron chi connectivity index (χ1n) is 19.0. The van der Waals surface area contributed by atoms with Crippen LogP contribution in [0.2, 0.25) is 0 Å². The van der Waals surface area contributed by atoms with Gasteiger partial charge >= 0.3 is 0 Å². The molecule has 0 saturated carbocycles. The van der Waals surface area contributed by atoms with E-state index in [1.807, 2.05) is 11.3 Å². The number of hydrogen-bond acceptors (Lipinski definition) is 6. The fraction of sp³-hybridized carbons (Fsp3) is 0.0600. The van der Waals surface area contributed by atoms with Gasteiger partial charge in [0.15, 0.2) is 17.5 Å². The first-order valence-corrected chi connectivity index (χ1v) is 20.6. The molecule has 0 amide bonds. The van der Waals surface area contributed by atoms with Gasteiger partial charge in [0.25, 0.3) is 0 Å². The van der Waals surface area contributed by atoms with Crippen LogP contribution < -0.4 is 0 Å². The molecule has 264 valence electrons. The predicted octanol–water partition coefficient (Wildman–Crippen LogP) is 14.7. The standard InChI is InChI=1S/C50H31N3OS2/c1-28-9-8-14-39-45(28)47-40(54-39)24-23-34(31-19-21-37-35-12-4-6-15-41(35)55-43(37)26-31)46(47)50-52-48(32-18-17-29-10-2-3-11-30(29)25-32)51-49(53-50)33-20-22-38-36-13-5-7-16-42(36)56-44(38)27-33/h2-8,10-28H,9H2,1H3. The van der Waals surface area contributed by atoms with Gasteiger partial charge in [-0.05, 0) is 82.8 Å². The zero-order chi connectivity index (χ0) is 36.9. The maximum absolute atomic E-state index is 6.62. The minimum Gasteiger partial charge on any atom is -0.456 e. The van der Waals surface area contributed by atoms with Crippen LogP contribution in [0.5, 0.6) is 0 Å². The van der Waals surface area contributed by atoms with Crippen molar-refractivity contribution in [2.24, 2.45) is 0 Å². The SMILES string of the molecule is CC1CC=Cc2oc3ccc(-c4ccc5c(c4)sc4ccccc45)c(-c4nc(-c5ccc6ccccc6c5)nc(-c5ccc6c(c5)sc5ccccc56)n4)c3c21. The highest BCUT2D eigenvalue weighted by Crippen LogP contribution is 2.47. The van der Waals surface area contributed by atoms with Crippen LogP contribution in [-0.4, -0.2) is 15.0 Å². The Hall–Kier alpha value is -6.47. The number of hydrogen-bond donors (Lipinski definition) is 0. The molecular weight excluding hydrogens is 723 g/mol. The second-order valence-corrected chi connectivity index (χ2v) is 16.9. The minimum atomic E-state index is 0.270. The van der Waals surface area contributed by atoms with Crippen molar-refractivity contribution in [2.45, 2.75) is 19.3 Å². The van der Waals surface area contributed by atoms with Crippen molar-refractivity contribution in [1.29, 1.82) is 0 Å². The zero-order valence-corrected chi connectivity index (χ0v) is 31.9. The van der Waals surface area contributed by atoms with E-state index < -0.39 is 0 Å². The molecule has 0 aliphatic heterocycles. The molecule has 6 heteroatoms. The Morgan fingerprint density at radius 2 is 1.12 bits per heavy atom. The molecule has 11 aromatic rings. The summed E-state index contributed by atoms with van der Waals surface area (Å²) in [6, 6.07) is 50.0. The predicted molar refractivity (Wildman–Crippen MR) is 237 cm³/mol. The Morgan fingerprint density at radius 3 is 1.88 bits per heavy atom. The fourth-order valence-corrected chi connectivity index (χ4v) is 10.9. The molecule has 7 aromatic carbocycles. The van der Waals surface area contributed by atoms with Crippen LogP contribution in [-0.2, 0) is 0 Å². The highest BCUT2D eigenvalue weighted by molar-refractivity contribution is 7.26. The number of allylic oxidation sites excluding steroid dienone is 1. The van der Waals surface area contributed by atoms with Crippen LogP contribution in [0.25, 0.3) is 113 Å². The third-order valence-electron chi connectivity index (χ3n) is 11.4. The molecule has 0 N–H and O–H groups in total. The van der Waals surface area contributed by atoms with Gasteiger partial charge in [-0.2, -0.15) is 0 Å². The normalized spacial score (nSPS) is 14.2.